The van der Waals surface area contributed by atoms with Crippen LogP contribution in [0.25, 0.3) is 0 Å². The molecule has 97 heavy (non-hydrogen) atoms. The number of rotatable bonds is 23. The predicted octanol–water partition coefficient (Wildman–Crippen LogP) is 3.53. The van der Waals surface area contributed by atoms with Gasteiger partial charge >= 0.3 is 48.1 Å². The molecule has 4 amide bonds. The van der Waals surface area contributed by atoms with Crippen LogP contribution in [-0.2, 0) is 72.8 Å². The first-order valence-corrected chi connectivity index (χ1v) is 37.2. The smallest absolute Gasteiger partial charge is 0.388 e. The number of urea groups is 2. The first kappa shape index (κ1) is 82.9. The lowest BCUT2D eigenvalue weighted by Gasteiger charge is -2.15. The van der Waals surface area contributed by atoms with Gasteiger partial charge in [-0.05, 0) is 71.5 Å². The van der Waals surface area contributed by atoms with Gasteiger partial charge in [-0.2, -0.15) is 45.9 Å². The van der Waals surface area contributed by atoms with Crippen LogP contribution < -0.4 is 58.9 Å². The SMILES string of the molecule is CCS(=O)(=O)c1cccnc1S(=O)(=O)NC(=O)Nc1nc(OC)cc(OC)n1.COC(=O)CSc1cc(N=c2sc(=O)n3n2CCCC3)c(F)cc1Cl.C[S+](C)C.O=C(Nc1nc(OC(F)F)cc(OC(F)F)n1)NS(=O)(=O)c1ccccc1C(=O)O.O=C(O)CNCP(=O)([O-])O. The Kier molecular flexibility index (Phi) is 33.0. The first-order chi connectivity index (χ1) is 45.2. The second-order valence-corrected chi connectivity index (χ2v) is 30.1. The van der Waals surface area contributed by atoms with Crippen LogP contribution in [0.3, 0.4) is 0 Å². The molecule has 2 aromatic carbocycles. The molecule has 0 bridgehead atoms. The minimum Gasteiger partial charge on any atom is -0.778 e. The number of thioether (sulfide) groups is 1. The zero-order valence-corrected chi connectivity index (χ0v) is 57.6. The number of aromatic nitrogens is 7. The van der Waals surface area contributed by atoms with E-state index in [9.17, 15) is 85.4 Å². The average molecular weight is 1530 g/mol. The quantitative estimate of drug-likeness (QED) is 0.0149. The van der Waals surface area contributed by atoms with Crippen molar-refractivity contribution < 1.29 is 119 Å². The number of sulfonamides is 2. The molecule has 0 spiro atoms. The van der Waals surface area contributed by atoms with E-state index in [1.54, 1.807) is 19.4 Å². The molecule has 1 unspecified atom stereocenters. The number of ether oxygens (including phenoxy) is 5. The summed E-state index contributed by atoms with van der Waals surface area (Å²) in [5.74, 6) is -7.07. The van der Waals surface area contributed by atoms with E-state index < -0.39 is 137 Å². The molecule has 6 aromatic rings. The number of alkyl halides is 4. The van der Waals surface area contributed by atoms with Gasteiger partial charge in [0.05, 0.1) is 87.2 Å². The summed E-state index contributed by atoms with van der Waals surface area (Å²) >= 11 is 8.17. The minimum absolute atomic E-state index is 0.0605. The van der Waals surface area contributed by atoms with E-state index in [1.807, 2.05) is 5.32 Å². The number of carboxylic acid groups (broad SMARTS) is 2. The van der Waals surface area contributed by atoms with Crippen molar-refractivity contribution in [2.24, 2.45) is 4.99 Å². The Morgan fingerprint density at radius 1 is 0.794 bits per heavy atom. The molecule has 5 heterocycles. The number of aromatic carboxylic acids is 1. The van der Waals surface area contributed by atoms with Crippen LogP contribution in [0.15, 0.2) is 96.4 Å². The van der Waals surface area contributed by atoms with Gasteiger partial charge in [-0.1, -0.05) is 30.7 Å². The summed E-state index contributed by atoms with van der Waals surface area (Å²) in [6, 6.07) is 8.34. The number of methoxy groups -OCH3 is 3. The largest absolute Gasteiger partial charge is 0.778 e. The van der Waals surface area contributed by atoms with E-state index in [0.717, 1.165) is 66.4 Å². The number of anilines is 2. The summed E-state index contributed by atoms with van der Waals surface area (Å²) in [7, 11) is -13.0. The Bertz CT molecular complexity index is 4240. The third kappa shape index (κ3) is 28.7. The Hall–Kier alpha value is -8.34. The van der Waals surface area contributed by atoms with Crippen LogP contribution in [0.5, 0.6) is 23.5 Å². The highest BCUT2D eigenvalue weighted by Crippen LogP contribution is 2.34. The maximum atomic E-state index is 14.3. The van der Waals surface area contributed by atoms with E-state index in [1.165, 1.54) is 63.3 Å². The van der Waals surface area contributed by atoms with Gasteiger partial charge in [0.2, 0.25) is 40.2 Å². The summed E-state index contributed by atoms with van der Waals surface area (Å²) in [6.07, 6.45) is 8.86. The van der Waals surface area contributed by atoms with Crippen LogP contribution in [0, 0.1) is 5.82 Å². The molecule has 1 aliphatic rings. The molecule has 4 aromatic heterocycles. The molecule has 8 N–H and O–H groups in total. The van der Waals surface area contributed by atoms with E-state index in [-0.39, 0.29) is 44.8 Å². The fourth-order valence-electron chi connectivity index (χ4n) is 6.62. The lowest BCUT2D eigenvalue weighted by molar-refractivity contribution is -0.193. The Balaban J connectivity index is 0.000000345. The molecule has 0 saturated heterocycles. The van der Waals surface area contributed by atoms with Crippen molar-refractivity contribution in [3.8, 4) is 23.5 Å². The average Bonchev–Trinajstić information content (AvgIpc) is 1.73. The number of nitrogens with one attached hydrogen (secondary N) is 5. The fraction of sp³-hybridized carbons (Fsp3) is 0.347. The number of carboxylic acids is 2. The number of carbonyl (C=O) groups is 5. The number of benzene rings is 2. The number of halogens is 6. The van der Waals surface area contributed by atoms with Gasteiger partial charge in [-0.25, -0.2) is 59.7 Å². The molecule has 35 nitrogen and oxygen atoms in total. The van der Waals surface area contributed by atoms with Crippen molar-refractivity contribution in [1.29, 1.82) is 0 Å². The Labute approximate surface area is 563 Å². The summed E-state index contributed by atoms with van der Waals surface area (Å²) in [5, 5.41) is 22.2. The molecule has 0 aliphatic carbocycles. The lowest BCUT2D eigenvalue weighted by atomic mass is 10.2. The van der Waals surface area contributed by atoms with Gasteiger partial charge in [0, 0.05) is 24.2 Å². The van der Waals surface area contributed by atoms with Gasteiger partial charge < -0.3 is 48.2 Å². The third-order valence-corrected chi connectivity index (χ3v) is 18.0. The second-order valence-electron chi connectivity index (χ2n) is 18.2. The number of sulfone groups is 1. The van der Waals surface area contributed by atoms with Crippen molar-refractivity contribution >= 4 is 131 Å². The highest BCUT2D eigenvalue weighted by atomic mass is 35.5. The number of nitrogens with zero attached hydrogens (tertiary/aromatic N) is 8. The lowest BCUT2D eigenvalue weighted by Crippen LogP contribution is -2.36. The molecule has 1 atom stereocenters. The van der Waals surface area contributed by atoms with Crippen molar-refractivity contribution in [3.05, 3.63) is 97.7 Å². The predicted molar refractivity (Wildman–Crippen MR) is 335 cm³/mol. The fourth-order valence-corrected chi connectivity index (χ4v) is 12.7. The number of hydrogen-bond donors (Lipinski definition) is 8. The van der Waals surface area contributed by atoms with Crippen LogP contribution in [0.2, 0.25) is 5.02 Å². The van der Waals surface area contributed by atoms with Crippen LogP contribution in [0.4, 0.5) is 49.1 Å². The highest BCUT2D eigenvalue weighted by Gasteiger charge is 2.30. The minimum atomic E-state index is -4.71. The number of esters is 1. The zero-order valence-electron chi connectivity index (χ0n) is 51.0. The third-order valence-electron chi connectivity index (χ3n) is 10.5. The van der Waals surface area contributed by atoms with Gasteiger partial charge in [-0.3, -0.25) is 35.0 Å². The molecular weight excluding hydrogens is 1480 g/mol. The summed E-state index contributed by atoms with van der Waals surface area (Å²) in [5.41, 5.74) is -0.562. The summed E-state index contributed by atoms with van der Waals surface area (Å²) < 4.78 is 176. The second kappa shape index (κ2) is 38.6. The first-order valence-electron chi connectivity index (χ1n) is 26.2. The molecule has 0 radical (unpaired) electrons. The maximum absolute atomic E-state index is 14.3. The Morgan fingerprint density at radius 2 is 1.30 bits per heavy atom. The van der Waals surface area contributed by atoms with E-state index in [4.69, 9.17) is 36.2 Å². The van der Waals surface area contributed by atoms with Gasteiger partial charge in [0.25, 0.3) is 20.0 Å². The normalized spacial score (nSPS) is 12.6. The van der Waals surface area contributed by atoms with E-state index in [2.05, 4.69) is 68.2 Å². The molecule has 48 heteroatoms. The number of aliphatic carboxylic acids is 1. The van der Waals surface area contributed by atoms with Crippen LogP contribution in [0.1, 0.15) is 30.1 Å². The van der Waals surface area contributed by atoms with Crippen molar-refractivity contribution in [3.63, 3.8) is 0 Å². The number of carbonyl (C=O) groups excluding carboxylic acids is 3. The molecule has 534 valence electrons. The summed E-state index contributed by atoms with van der Waals surface area (Å²) in [6.45, 7) is -4.62. The molecular formula is C49H58ClF5N13O22PS6. The molecule has 0 saturated carbocycles. The van der Waals surface area contributed by atoms with Crippen molar-refractivity contribution in [1.82, 2.24) is 49.0 Å². The molecule has 0 fully saturated rings. The monoisotopic (exact) mass is 1530 g/mol. The summed E-state index contributed by atoms with van der Waals surface area (Å²) in [4.78, 5) is 108. The topological polar surface area (TPSA) is 499 Å². The van der Waals surface area contributed by atoms with E-state index >= 15 is 0 Å². The number of amides is 4. The van der Waals surface area contributed by atoms with Gasteiger partial charge in [0.1, 0.15) is 28.9 Å². The van der Waals surface area contributed by atoms with E-state index in [0.29, 0.717) is 39.7 Å². The standard InChI is InChI=1S/C15H15ClFN3O3S2.C14H10F4N4O7S.C14H17N5O7S2.C3H8NO5P.C3H9S/c1-23-13(21)8-24-12-7-11(10(17)6-9(12)16)18-14-19-4-2-3-5-20(19)15(22)25-14;15-11(16)28-8-5-9(29-12(17)18)20-13(19-8)21-14(25)22-30(26,27)7-4-2-1-3-6(7)10(23)24;1-4-27(21,22)9-6-5-7-15-12(9)28(23,24)19-14(20)18-13-16-10(25-2)8-11(17-13)26-3;5-3(6)1-4-2-10(7,8)9;1-4(2)3/h6-7H,2-5,8H2,1H3;1-5,11-12H,(H,23,24)(H2,19,20,21,22,25);5-8H,4H2,1-3H3,(H2,16,17,18,19,20);4H,1-2H2,(H,5,6)(H2,7,8,9);1-3H3/q;;;;+1/p-1. The number of hydrogen-bond acceptors (Lipinski definition) is 28. The van der Waals surface area contributed by atoms with Crippen molar-refractivity contribution in [2.75, 3.05) is 75.1 Å². The molecule has 7 rings (SSSR count). The molecule has 1 aliphatic heterocycles. The number of pyridine rings is 1. The van der Waals surface area contributed by atoms with Crippen LogP contribution in [-0.4, -0.2) is 182 Å². The van der Waals surface area contributed by atoms with Gasteiger partial charge in [-0.15, -0.1) is 11.8 Å². The van der Waals surface area contributed by atoms with Crippen molar-refractivity contribution in [2.45, 2.75) is 65.8 Å². The maximum Gasteiger partial charge on any atom is 0.388 e. The Morgan fingerprint density at radius 3 is 1.79 bits per heavy atom. The van der Waals surface area contributed by atoms with Crippen LogP contribution >= 0.6 is 42.3 Å². The highest BCUT2D eigenvalue weighted by molar-refractivity contribution is 8.00. The van der Waals surface area contributed by atoms with Gasteiger partial charge in [0.15, 0.2) is 14.9 Å². The zero-order chi connectivity index (χ0) is 73.2. The number of fused-ring (bicyclic) bond motifs is 1.